The number of carbonyl (C=O) groups is 2. The van der Waals surface area contributed by atoms with Crippen molar-refractivity contribution in [2.24, 2.45) is 23.2 Å². The first-order valence-corrected chi connectivity index (χ1v) is 7.94. The van der Waals surface area contributed by atoms with Gasteiger partial charge < -0.3 is 10.1 Å². The summed E-state index contributed by atoms with van der Waals surface area (Å²) in [5, 5.41) is 2.83. The SMILES string of the molecule is CC(C)OC(=O)CNC(=O)C12CC3CC(CC(C3)C1)C2. The number of hydrogen-bond donors (Lipinski definition) is 1. The highest BCUT2D eigenvalue weighted by Crippen LogP contribution is 2.60. The van der Waals surface area contributed by atoms with Crippen LogP contribution in [0.25, 0.3) is 0 Å². The monoisotopic (exact) mass is 279 g/mol. The standard InChI is InChI=1S/C16H25NO3/c1-10(2)20-14(18)9-17-15(19)16-6-11-3-12(7-16)5-13(4-11)8-16/h10-13H,3-9H2,1-2H3,(H,17,19). The summed E-state index contributed by atoms with van der Waals surface area (Å²) in [6, 6.07) is 0. The smallest absolute Gasteiger partial charge is 0.325 e. The molecule has 0 saturated heterocycles. The van der Waals surface area contributed by atoms with Crippen molar-refractivity contribution in [1.29, 1.82) is 0 Å². The number of nitrogens with one attached hydrogen (secondary N) is 1. The van der Waals surface area contributed by atoms with Crippen LogP contribution >= 0.6 is 0 Å². The summed E-state index contributed by atoms with van der Waals surface area (Å²) in [5.74, 6) is 1.99. The Hall–Kier alpha value is -1.06. The average Bonchev–Trinajstić information content (AvgIpc) is 2.33. The minimum atomic E-state index is -0.335. The summed E-state index contributed by atoms with van der Waals surface area (Å²) in [6.45, 7) is 3.65. The van der Waals surface area contributed by atoms with E-state index in [1.54, 1.807) is 0 Å². The van der Waals surface area contributed by atoms with Gasteiger partial charge in [-0.25, -0.2) is 0 Å². The van der Waals surface area contributed by atoms with Crippen LogP contribution in [0.1, 0.15) is 52.4 Å². The maximum Gasteiger partial charge on any atom is 0.325 e. The highest BCUT2D eigenvalue weighted by atomic mass is 16.5. The molecule has 1 N–H and O–H groups in total. The second-order valence-corrected chi connectivity index (χ2v) is 7.42. The van der Waals surface area contributed by atoms with E-state index in [1.165, 1.54) is 19.3 Å². The van der Waals surface area contributed by atoms with E-state index in [-0.39, 0.29) is 29.9 Å². The van der Waals surface area contributed by atoms with E-state index in [0.717, 1.165) is 37.0 Å². The van der Waals surface area contributed by atoms with Crippen LogP contribution in [0.5, 0.6) is 0 Å². The number of esters is 1. The Balaban J connectivity index is 1.58. The van der Waals surface area contributed by atoms with Crippen molar-refractivity contribution in [2.45, 2.75) is 58.5 Å². The molecule has 4 fully saturated rings. The Bertz CT molecular complexity index is 381. The van der Waals surface area contributed by atoms with Gasteiger partial charge in [0.2, 0.25) is 5.91 Å². The van der Waals surface area contributed by atoms with Crippen LogP contribution in [0, 0.1) is 23.2 Å². The molecule has 4 saturated carbocycles. The van der Waals surface area contributed by atoms with Crippen LogP contribution in [0.3, 0.4) is 0 Å². The number of amides is 1. The lowest BCUT2D eigenvalue weighted by molar-refractivity contribution is -0.152. The molecule has 4 bridgehead atoms. The Labute approximate surface area is 120 Å². The minimum absolute atomic E-state index is 0.0127. The normalized spacial score (nSPS) is 38.0. The number of rotatable bonds is 4. The molecule has 0 aromatic heterocycles. The zero-order valence-corrected chi connectivity index (χ0v) is 12.5. The second kappa shape index (κ2) is 5.05. The number of ether oxygens (including phenoxy) is 1. The molecular weight excluding hydrogens is 254 g/mol. The summed E-state index contributed by atoms with van der Waals surface area (Å²) in [6.07, 6.45) is 6.93. The lowest BCUT2D eigenvalue weighted by atomic mass is 9.49. The predicted molar refractivity (Wildman–Crippen MR) is 74.8 cm³/mol. The van der Waals surface area contributed by atoms with Gasteiger partial charge in [0.15, 0.2) is 0 Å². The lowest BCUT2D eigenvalue weighted by Crippen LogP contribution is -2.54. The third kappa shape index (κ3) is 2.57. The van der Waals surface area contributed by atoms with E-state index in [2.05, 4.69) is 5.32 Å². The molecule has 0 spiro atoms. The fraction of sp³-hybridized carbons (Fsp3) is 0.875. The van der Waals surface area contributed by atoms with Crippen molar-refractivity contribution < 1.29 is 14.3 Å². The number of carbonyl (C=O) groups excluding carboxylic acids is 2. The van der Waals surface area contributed by atoms with Gasteiger partial charge in [0.25, 0.3) is 0 Å². The van der Waals surface area contributed by atoms with Gasteiger partial charge in [0, 0.05) is 5.41 Å². The highest BCUT2D eigenvalue weighted by Gasteiger charge is 2.54. The molecule has 4 heteroatoms. The van der Waals surface area contributed by atoms with Gasteiger partial charge in [-0.05, 0) is 70.1 Å². The van der Waals surface area contributed by atoms with Crippen molar-refractivity contribution >= 4 is 11.9 Å². The van der Waals surface area contributed by atoms with Gasteiger partial charge in [0.05, 0.1) is 6.10 Å². The second-order valence-electron chi connectivity index (χ2n) is 7.42. The fourth-order valence-electron chi connectivity index (χ4n) is 5.03. The summed E-state index contributed by atoms with van der Waals surface area (Å²) >= 11 is 0. The molecule has 0 aromatic rings. The molecule has 1 amide bonds. The fourth-order valence-corrected chi connectivity index (χ4v) is 5.03. The van der Waals surface area contributed by atoms with Crippen molar-refractivity contribution in [2.75, 3.05) is 6.54 Å². The molecule has 0 heterocycles. The highest BCUT2D eigenvalue weighted by molar-refractivity contribution is 5.86. The van der Waals surface area contributed by atoms with E-state index in [0.29, 0.717) is 0 Å². The Kier molecular flexibility index (Phi) is 3.51. The van der Waals surface area contributed by atoms with E-state index in [4.69, 9.17) is 4.74 Å². The molecule has 0 aromatic carbocycles. The Morgan fingerprint density at radius 1 is 1.10 bits per heavy atom. The summed E-state index contributed by atoms with van der Waals surface area (Å²) in [7, 11) is 0. The molecule has 20 heavy (non-hydrogen) atoms. The third-order valence-corrected chi connectivity index (χ3v) is 5.28. The first kappa shape index (κ1) is 13.9. The third-order valence-electron chi connectivity index (χ3n) is 5.28. The van der Waals surface area contributed by atoms with Crippen molar-refractivity contribution in [1.82, 2.24) is 5.32 Å². The van der Waals surface area contributed by atoms with Gasteiger partial charge in [0.1, 0.15) is 6.54 Å². The van der Waals surface area contributed by atoms with Crippen LogP contribution in [0.2, 0.25) is 0 Å². The lowest BCUT2D eigenvalue weighted by Gasteiger charge is -2.55. The maximum atomic E-state index is 12.6. The Morgan fingerprint density at radius 2 is 1.60 bits per heavy atom. The van der Waals surface area contributed by atoms with E-state index < -0.39 is 0 Å². The van der Waals surface area contributed by atoms with Crippen molar-refractivity contribution in [3.05, 3.63) is 0 Å². The van der Waals surface area contributed by atoms with E-state index in [1.807, 2.05) is 13.8 Å². The minimum Gasteiger partial charge on any atom is -0.462 e. The first-order chi connectivity index (χ1) is 9.47. The van der Waals surface area contributed by atoms with Crippen LogP contribution in [-0.2, 0) is 14.3 Å². The molecular formula is C16H25NO3. The van der Waals surface area contributed by atoms with Crippen LogP contribution in [0.4, 0.5) is 0 Å². The molecule has 0 atom stereocenters. The topological polar surface area (TPSA) is 55.4 Å². The van der Waals surface area contributed by atoms with E-state index in [9.17, 15) is 9.59 Å². The predicted octanol–water partition coefficient (Wildman–Crippen LogP) is 2.27. The average molecular weight is 279 g/mol. The van der Waals surface area contributed by atoms with Crippen LogP contribution < -0.4 is 5.32 Å². The van der Waals surface area contributed by atoms with Gasteiger partial charge in [-0.2, -0.15) is 0 Å². The molecule has 0 aliphatic heterocycles. The largest absolute Gasteiger partial charge is 0.462 e. The van der Waals surface area contributed by atoms with Crippen LogP contribution in [0.15, 0.2) is 0 Å². The molecule has 4 aliphatic carbocycles. The molecule has 112 valence electrons. The zero-order chi connectivity index (χ0) is 14.3. The summed E-state index contributed by atoms with van der Waals surface area (Å²) in [4.78, 5) is 24.1. The van der Waals surface area contributed by atoms with E-state index >= 15 is 0 Å². The van der Waals surface area contributed by atoms with Crippen molar-refractivity contribution in [3.8, 4) is 0 Å². The van der Waals surface area contributed by atoms with Crippen LogP contribution in [-0.4, -0.2) is 24.5 Å². The molecule has 0 radical (unpaired) electrons. The van der Waals surface area contributed by atoms with Gasteiger partial charge >= 0.3 is 5.97 Å². The van der Waals surface area contributed by atoms with Gasteiger partial charge in [-0.1, -0.05) is 0 Å². The van der Waals surface area contributed by atoms with Gasteiger partial charge in [-0.3, -0.25) is 9.59 Å². The molecule has 4 nitrogen and oxygen atoms in total. The maximum absolute atomic E-state index is 12.6. The van der Waals surface area contributed by atoms with Crippen molar-refractivity contribution in [3.63, 3.8) is 0 Å². The molecule has 4 aliphatic rings. The number of hydrogen-bond acceptors (Lipinski definition) is 3. The molecule has 0 unspecified atom stereocenters. The summed E-state index contributed by atoms with van der Waals surface area (Å²) < 4.78 is 5.07. The zero-order valence-electron chi connectivity index (χ0n) is 12.5. The summed E-state index contributed by atoms with van der Waals surface area (Å²) in [5.41, 5.74) is -0.174. The quantitative estimate of drug-likeness (QED) is 0.803. The molecule has 4 rings (SSSR count). The Morgan fingerprint density at radius 3 is 2.05 bits per heavy atom. The first-order valence-electron chi connectivity index (χ1n) is 7.94. The van der Waals surface area contributed by atoms with Gasteiger partial charge in [-0.15, -0.1) is 0 Å².